The number of allylic oxidation sites excluding steroid dienone is 2. The third kappa shape index (κ3) is 8.84. The van der Waals surface area contributed by atoms with E-state index in [0.717, 1.165) is 18.4 Å². The third-order valence-electron chi connectivity index (χ3n) is 4.72. The van der Waals surface area contributed by atoms with Gasteiger partial charge in [-0.1, -0.05) is 57.6 Å². The highest BCUT2D eigenvalue weighted by Crippen LogP contribution is 2.25. The molecule has 0 aromatic rings. The molecule has 0 N–H and O–H groups in total. The summed E-state index contributed by atoms with van der Waals surface area (Å²) in [7, 11) is 7.89. The maximum Gasteiger partial charge on any atom is 0.182 e. The van der Waals surface area contributed by atoms with E-state index >= 15 is 0 Å². The first-order chi connectivity index (χ1) is 9.70. The molecule has 1 nitrogen and oxygen atoms in total. The lowest BCUT2D eigenvalue weighted by Crippen LogP contribution is -2.27. The summed E-state index contributed by atoms with van der Waals surface area (Å²) in [6.07, 6.45) is 19.8. The Morgan fingerprint density at radius 2 is 1.45 bits per heavy atom. The van der Waals surface area contributed by atoms with Crippen molar-refractivity contribution >= 4 is 7.98 Å². The first kappa shape index (κ1) is 17.8. The summed E-state index contributed by atoms with van der Waals surface area (Å²) >= 11 is 0. The summed E-state index contributed by atoms with van der Waals surface area (Å²) < 4.78 is 0. The topological polar surface area (TPSA) is 3.24 Å². The smallest absolute Gasteiger partial charge is 0.182 e. The first-order valence-electron chi connectivity index (χ1n) is 8.81. The average molecular weight is 275 g/mol. The van der Waals surface area contributed by atoms with Crippen LogP contribution in [0.3, 0.4) is 0 Å². The van der Waals surface area contributed by atoms with Crippen molar-refractivity contribution in [1.82, 2.24) is 4.81 Å². The van der Waals surface area contributed by atoms with Crippen LogP contribution in [-0.4, -0.2) is 26.4 Å². The van der Waals surface area contributed by atoms with Crippen molar-refractivity contribution < 1.29 is 0 Å². The van der Waals surface area contributed by atoms with Gasteiger partial charge < -0.3 is 4.81 Å². The standard InChI is InChI=1S/C18H34BN/c1-17-14-12-10-8-6-4-3-5-7-9-11-13-15-18(17)16-20(2)19/h5,7,17-18H,3-4,6,8-16H2,1-2H3/b7-5-. The molecule has 1 aliphatic rings. The van der Waals surface area contributed by atoms with Gasteiger partial charge in [0.05, 0.1) is 0 Å². The molecule has 1 aliphatic carbocycles. The number of nitrogens with zero attached hydrogens (tertiary/aromatic N) is 1. The van der Waals surface area contributed by atoms with E-state index in [1.54, 1.807) is 0 Å². The van der Waals surface area contributed by atoms with Gasteiger partial charge >= 0.3 is 0 Å². The van der Waals surface area contributed by atoms with Gasteiger partial charge in [0.15, 0.2) is 7.98 Å². The molecule has 0 saturated heterocycles. The molecule has 20 heavy (non-hydrogen) atoms. The Morgan fingerprint density at radius 3 is 2.15 bits per heavy atom. The summed E-state index contributed by atoms with van der Waals surface area (Å²) in [5.74, 6) is 1.60. The molecule has 2 unspecified atom stereocenters. The highest BCUT2D eigenvalue weighted by atomic mass is 15.0. The number of rotatable bonds is 2. The van der Waals surface area contributed by atoms with Gasteiger partial charge in [0, 0.05) is 0 Å². The van der Waals surface area contributed by atoms with Crippen LogP contribution in [0.2, 0.25) is 0 Å². The molecule has 1 rings (SSSR count). The van der Waals surface area contributed by atoms with Gasteiger partial charge in [0.2, 0.25) is 0 Å². The van der Waals surface area contributed by atoms with Gasteiger partial charge in [-0.05, 0) is 57.5 Å². The van der Waals surface area contributed by atoms with Gasteiger partial charge in [-0.2, -0.15) is 0 Å². The van der Waals surface area contributed by atoms with Gasteiger partial charge in [0.1, 0.15) is 0 Å². The minimum Gasteiger partial charge on any atom is -0.356 e. The zero-order chi connectivity index (χ0) is 14.6. The molecule has 0 aromatic heterocycles. The molecule has 114 valence electrons. The molecule has 0 bridgehead atoms. The molecule has 2 radical (unpaired) electrons. The van der Waals surface area contributed by atoms with Crippen LogP contribution < -0.4 is 0 Å². The molecule has 0 aliphatic heterocycles. The van der Waals surface area contributed by atoms with Crippen molar-refractivity contribution in [2.45, 2.75) is 77.6 Å². The SMILES string of the molecule is [B]N(C)CC1CCCC/C=C\CCCCCCCC1C. The normalized spacial score (nSPS) is 29.6. The second-order valence-electron chi connectivity index (χ2n) is 6.78. The van der Waals surface area contributed by atoms with Gasteiger partial charge in [-0.15, -0.1) is 0 Å². The summed E-state index contributed by atoms with van der Waals surface area (Å²) in [5.41, 5.74) is 0. The summed E-state index contributed by atoms with van der Waals surface area (Å²) in [4.78, 5) is 1.88. The molecule has 0 amide bonds. The quantitative estimate of drug-likeness (QED) is 0.499. The largest absolute Gasteiger partial charge is 0.356 e. The molecule has 0 fully saturated rings. The molecule has 0 spiro atoms. The van der Waals surface area contributed by atoms with Gasteiger partial charge in [-0.3, -0.25) is 0 Å². The minimum atomic E-state index is 0.777. The highest BCUT2D eigenvalue weighted by molar-refractivity contribution is 6.04. The van der Waals surface area contributed by atoms with E-state index in [2.05, 4.69) is 19.1 Å². The fourth-order valence-electron chi connectivity index (χ4n) is 3.32. The van der Waals surface area contributed by atoms with Crippen LogP contribution in [-0.2, 0) is 0 Å². The van der Waals surface area contributed by atoms with E-state index in [1.807, 2.05) is 11.9 Å². The van der Waals surface area contributed by atoms with Crippen molar-refractivity contribution in [1.29, 1.82) is 0 Å². The van der Waals surface area contributed by atoms with E-state index in [9.17, 15) is 0 Å². The van der Waals surface area contributed by atoms with Gasteiger partial charge in [0.25, 0.3) is 0 Å². The maximum absolute atomic E-state index is 5.89. The van der Waals surface area contributed by atoms with Crippen molar-refractivity contribution in [2.24, 2.45) is 11.8 Å². The zero-order valence-electron chi connectivity index (χ0n) is 13.8. The van der Waals surface area contributed by atoms with E-state index in [-0.39, 0.29) is 0 Å². The Bertz CT molecular complexity index is 250. The Kier molecular flexibility index (Phi) is 10.2. The second kappa shape index (κ2) is 11.4. The van der Waals surface area contributed by atoms with Crippen LogP contribution in [0, 0.1) is 11.8 Å². The first-order valence-corrected chi connectivity index (χ1v) is 8.81. The van der Waals surface area contributed by atoms with Crippen molar-refractivity contribution in [3.8, 4) is 0 Å². The molecular weight excluding hydrogens is 241 g/mol. The second-order valence-corrected chi connectivity index (χ2v) is 6.78. The summed E-state index contributed by atoms with van der Waals surface area (Å²) in [6.45, 7) is 3.49. The fourth-order valence-corrected chi connectivity index (χ4v) is 3.32. The van der Waals surface area contributed by atoms with E-state index < -0.39 is 0 Å². The van der Waals surface area contributed by atoms with Crippen LogP contribution >= 0.6 is 0 Å². The van der Waals surface area contributed by atoms with Crippen LogP contribution in [0.5, 0.6) is 0 Å². The Morgan fingerprint density at radius 1 is 0.900 bits per heavy atom. The molecule has 0 aromatic carbocycles. The van der Waals surface area contributed by atoms with E-state index in [1.165, 1.54) is 70.6 Å². The lowest BCUT2D eigenvalue weighted by Gasteiger charge is -2.27. The summed E-state index contributed by atoms with van der Waals surface area (Å²) in [5, 5.41) is 0. The Hall–Kier alpha value is -0.235. The molecule has 0 saturated carbocycles. The molecule has 0 heterocycles. The molecular formula is C18H34BN. The maximum atomic E-state index is 5.89. The average Bonchev–Trinajstić information content (AvgIpc) is 2.41. The monoisotopic (exact) mass is 275 g/mol. The predicted octanol–water partition coefficient (Wildman–Crippen LogP) is 5.11. The minimum absolute atomic E-state index is 0.777. The van der Waals surface area contributed by atoms with Crippen molar-refractivity contribution in [2.75, 3.05) is 13.6 Å². The van der Waals surface area contributed by atoms with Crippen LogP contribution in [0.1, 0.15) is 77.6 Å². The molecule has 2 atom stereocenters. The van der Waals surface area contributed by atoms with E-state index in [4.69, 9.17) is 7.98 Å². The third-order valence-corrected chi connectivity index (χ3v) is 4.72. The predicted molar refractivity (Wildman–Crippen MR) is 91.0 cm³/mol. The Labute approximate surface area is 128 Å². The van der Waals surface area contributed by atoms with Crippen LogP contribution in [0.15, 0.2) is 12.2 Å². The van der Waals surface area contributed by atoms with Crippen LogP contribution in [0.25, 0.3) is 0 Å². The van der Waals surface area contributed by atoms with E-state index in [0.29, 0.717) is 0 Å². The fraction of sp³-hybridized carbons (Fsp3) is 0.889. The Balaban J connectivity index is 2.43. The highest BCUT2D eigenvalue weighted by Gasteiger charge is 2.17. The molecule has 2 heteroatoms. The van der Waals surface area contributed by atoms with Crippen LogP contribution in [0.4, 0.5) is 0 Å². The zero-order valence-corrected chi connectivity index (χ0v) is 13.8. The lowest BCUT2D eigenvalue weighted by molar-refractivity contribution is 0.260. The summed E-state index contributed by atoms with van der Waals surface area (Å²) in [6, 6.07) is 0. The lowest BCUT2D eigenvalue weighted by atomic mass is 9.84. The van der Waals surface area contributed by atoms with Gasteiger partial charge in [-0.25, -0.2) is 0 Å². The number of hydrogen-bond donors (Lipinski definition) is 0. The van der Waals surface area contributed by atoms with Crippen molar-refractivity contribution in [3.05, 3.63) is 12.2 Å². The van der Waals surface area contributed by atoms with Crippen molar-refractivity contribution in [3.63, 3.8) is 0 Å². The number of hydrogen-bond acceptors (Lipinski definition) is 1.